The van der Waals surface area contributed by atoms with Gasteiger partial charge in [0.1, 0.15) is 5.75 Å². The molecule has 2 aromatic rings. The number of hydrogen-bond donors (Lipinski definition) is 0. The number of hydrogen-bond acceptors (Lipinski definition) is 4. The van der Waals surface area contributed by atoms with Gasteiger partial charge in [0.2, 0.25) is 0 Å². The summed E-state index contributed by atoms with van der Waals surface area (Å²) < 4.78 is 30.1. The van der Waals surface area contributed by atoms with Gasteiger partial charge in [-0.2, -0.15) is 0 Å². The lowest BCUT2D eigenvalue weighted by atomic mass is 10.1. The van der Waals surface area contributed by atoms with Crippen LogP contribution in [0.25, 0.3) is 0 Å². The molecule has 0 spiro atoms. The smallest absolute Gasteiger partial charge is 0.329 e. The van der Waals surface area contributed by atoms with Crippen molar-refractivity contribution >= 4 is 27.2 Å². The van der Waals surface area contributed by atoms with Crippen molar-refractivity contribution in [2.45, 2.75) is 25.4 Å². The van der Waals surface area contributed by atoms with Crippen LogP contribution in [0.4, 0.5) is 16.2 Å². The first-order chi connectivity index (χ1) is 12.9. The van der Waals surface area contributed by atoms with Crippen molar-refractivity contribution in [3.63, 3.8) is 0 Å². The molecule has 2 atom stereocenters. The molecule has 6 nitrogen and oxygen atoms in total. The van der Waals surface area contributed by atoms with E-state index in [9.17, 15) is 13.2 Å². The van der Waals surface area contributed by atoms with Gasteiger partial charge in [0, 0.05) is 5.69 Å². The van der Waals surface area contributed by atoms with E-state index in [0.717, 1.165) is 12.1 Å². The summed E-state index contributed by atoms with van der Waals surface area (Å²) >= 11 is 0. The number of ether oxygens (including phenoxy) is 1. The van der Waals surface area contributed by atoms with Gasteiger partial charge in [0.25, 0.3) is 0 Å². The fourth-order valence-corrected chi connectivity index (χ4v) is 5.93. The van der Waals surface area contributed by atoms with E-state index in [1.165, 1.54) is 5.56 Å². The molecule has 7 heteroatoms. The molecule has 0 saturated carbocycles. The molecule has 2 aliphatic heterocycles. The zero-order valence-corrected chi connectivity index (χ0v) is 16.1. The molecular formula is C20H22N2O4S. The molecule has 142 valence electrons. The molecular weight excluding hydrogens is 364 g/mol. The highest BCUT2D eigenvalue weighted by Gasteiger charge is 2.54. The Morgan fingerprint density at radius 3 is 2.26 bits per heavy atom. The van der Waals surface area contributed by atoms with Gasteiger partial charge in [-0.15, -0.1) is 0 Å². The number of rotatable bonds is 4. The third-order valence-corrected chi connectivity index (χ3v) is 7.04. The minimum atomic E-state index is -3.22. The number of carbonyl (C=O) groups excluding carboxylic acids is 1. The Hall–Kier alpha value is -2.54. The Bertz CT molecular complexity index is 972. The summed E-state index contributed by atoms with van der Waals surface area (Å²) in [6.45, 7) is 2.07. The molecule has 0 bridgehead atoms. The molecule has 27 heavy (non-hydrogen) atoms. The fraction of sp³-hybridized carbons (Fsp3) is 0.350. The summed E-state index contributed by atoms with van der Waals surface area (Å²) in [4.78, 5) is 16.6. The number of nitrogens with zero attached hydrogens (tertiary/aromatic N) is 2. The molecule has 0 aromatic heterocycles. The Kier molecular flexibility index (Phi) is 4.34. The maximum absolute atomic E-state index is 13.4. The minimum Gasteiger partial charge on any atom is -0.495 e. The second kappa shape index (κ2) is 6.56. The number of urea groups is 1. The van der Waals surface area contributed by atoms with Crippen LogP contribution in [-0.2, 0) is 16.3 Å². The minimum absolute atomic E-state index is 0.0232. The number of anilines is 2. The molecule has 2 amide bonds. The lowest BCUT2D eigenvalue weighted by molar-refractivity contribution is 0.255. The van der Waals surface area contributed by atoms with Gasteiger partial charge in [-0.3, -0.25) is 9.80 Å². The molecule has 2 saturated heterocycles. The molecule has 0 aliphatic carbocycles. The highest BCUT2D eigenvalue weighted by molar-refractivity contribution is 7.91. The molecule has 0 radical (unpaired) electrons. The number of methoxy groups -OCH3 is 1. The quantitative estimate of drug-likeness (QED) is 0.758. The first-order valence-electron chi connectivity index (χ1n) is 9.00. The maximum Gasteiger partial charge on any atom is 0.329 e. The van der Waals surface area contributed by atoms with E-state index in [0.29, 0.717) is 11.4 Å². The van der Waals surface area contributed by atoms with Gasteiger partial charge >= 0.3 is 6.03 Å². The van der Waals surface area contributed by atoms with Crippen molar-refractivity contribution in [2.24, 2.45) is 0 Å². The van der Waals surface area contributed by atoms with Crippen LogP contribution in [0.15, 0.2) is 48.5 Å². The third-order valence-electron chi connectivity index (χ3n) is 5.34. The molecule has 2 aliphatic rings. The Morgan fingerprint density at radius 1 is 1.00 bits per heavy atom. The van der Waals surface area contributed by atoms with E-state index in [1.54, 1.807) is 29.0 Å². The summed E-state index contributed by atoms with van der Waals surface area (Å²) in [5.74, 6) is 0.493. The van der Waals surface area contributed by atoms with Crippen molar-refractivity contribution in [3.8, 4) is 5.75 Å². The zero-order chi connectivity index (χ0) is 19.2. The van der Waals surface area contributed by atoms with Gasteiger partial charge in [-0.25, -0.2) is 13.2 Å². The average Bonchev–Trinajstić information content (AvgIpc) is 3.10. The van der Waals surface area contributed by atoms with Crippen molar-refractivity contribution in [3.05, 3.63) is 54.1 Å². The van der Waals surface area contributed by atoms with Crippen LogP contribution in [0.1, 0.15) is 12.5 Å². The number of carbonyl (C=O) groups is 1. The van der Waals surface area contributed by atoms with Crippen LogP contribution in [0, 0.1) is 0 Å². The lowest BCUT2D eigenvalue weighted by Crippen LogP contribution is -2.38. The highest BCUT2D eigenvalue weighted by Crippen LogP contribution is 2.41. The van der Waals surface area contributed by atoms with E-state index in [2.05, 4.69) is 6.92 Å². The van der Waals surface area contributed by atoms with Crippen LogP contribution in [0.2, 0.25) is 0 Å². The van der Waals surface area contributed by atoms with Crippen LogP contribution in [0.3, 0.4) is 0 Å². The van der Waals surface area contributed by atoms with Crippen LogP contribution in [-0.4, -0.2) is 45.1 Å². The Labute approximate surface area is 159 Å². The SMILES string of the molecule is CCc1ccc(N2C(=O)N(c3ccccc3OC)C3CS(=O)(=O)CC32)cc1. The Balaban J connectivity index is 1.80. The van der Waals surface area contributed by atoms with Gasteiger partial charge in [0.15, 0.2) is 9.84 Å². The fourth-order valence-electron chi connectivity index (χ4n) is 4.01. The van der Waals surface area contributed by atoms with Gasteiger partial charge in [-0.1, -0.05) is 31.2 Å². The summed E-state index contributed by atoms with van der Waals surface area (Å²) in [7, 11) is -1.67. The van der Waals surface area contributed by atoms with Crippen molar-refractivity contribution in [1.29, 1.82) is 0 Å². The van der Waals surface area contributed by atoms with E-state index < -0.39 is 21.9 Å². The first-order valence-corrected chi connectivity index (χ1v) is 10.8. The normalized spacial score (nSPS) is 23.6. The monoisotopic (exact) mass is 386 g/mol. The van der Waals surface area contributed by atoms with Crippen molar-refractivity contribution < 1.29 is 17.9 Å². The third kappa shape index (κ3) is 2.96. The summed E-state index contributed by atoms with van der Waals surface area (Å²) in [6, 6.07) is 13.9. The number of sulfone groups is 1. The van der Waals surface area contributed by atoms with E-state index in [4.69, 9.17) is 4.74 Å². The predicted molar refractivity (Wildman–Crippen MR) is 105 cm³/mol. The van der Waals surface area contributed by atoms with Crippen LogP contribution in [0.5, 0.6) is 5.75 Å². The number of aryl methyl sites for hydroxylation is 1. The van der Waals surface area contributed by atoms with Crippen molar-refractivity contribution in [2.75, 3.05) is 28.4 Å². The van der Waals surface area contributed by atoms with Gasteiger partial charge in [-0.05, 0) is 36.2 Å². The van der Waals surface area contributed by atoms with E-state index >= 15 is 0 Å². The summed E-state index contributed by atoms with van der Waals surface area (Å²) in [6.07, 6.45) is 0.905. The largest absolute Gasteiger partial charge is 0.495 e. The topological polar surface area (TPSA) is 66.9 Å². The average molecular weight is 386 g/mol. The molecule has 2 unspecified atom stereocenters. The predicted octanol–water partition coefficient (Wildman–Crippen LogP) is 2.87. The number of benzene rings is 2. The molecule has 4 rings (SSSR count). The zero-order valence-electron chi connectivity index (χ0n) is 15.3. The lowest BCUT2D eigenvalue weighted by Gasteiger charge is -2.24. The second-order valence-electron chi connectivity index (χ2n) is 6.93. The molecule has 2 aromatic carbocycles. The molecule has 2 heterocycles. The highest BCUT2D eigenvalue weighted by atomic mass is 32.2. The summed E-state index contributed by atoms with van der Waals surface area (Å²) in [5, 5.41) is 0. The first kappa shape index (κ1) is 17.9. The number of para-hydroxylation sites is 2. The Morgan fingerprint density at radius 2 is 1.63 bits per heavy atom. The summed E-state index contributed by atoms with van der Waals surface area (Å²) in [5.41, 5.74) is 2.49. The second-order valence-corrected chi connectivity index (χ2v) is 9.08. The van der Waals surface area contributed by atoms with E-state index in [1.807, 2.05) is 36.4 Å². The van der Waals surface area contributed by atoms with Crippen molar-refractivity contribution in [1.82, 2.24) is 0 Å². The van der Waals surface area contributed by atoms with Gasteiger partial charge < -0.3 is 4.74 Å². The molecule has 2 fully saturated rings. The van der Waals surface area contributed by atoms with Crippen LogP contribution >= 0.6 is 0 Å². The number of fused-ring (bicyclic) bond motifs is 1. The number of amides is 2. The van der Waals surface area contributed by atoms with Crippen LogP contribution < -0.4 is 14.5 Å². The standard InChI is InChI=1S/C20H22N2O4S/c1-3-14-8-10-15(11-9-14)21-17-12-27(24,25)13-18(17)22(20(21)23)16-6-4-5-7-19(16)26-2/h4-11,17-18H,3,12-13H2,1-2H3. The van der Waals surface area contributed by atoms with E-state index in [-0.39, 0.29) is 17.5 Å². The van der Waals surface area contributed by atoms with Gasteiger partial charge in [0.05, 0.1) is 36.4 Å². The maximum atomic E-state index is 13.4. The molecule has 0 N–H and O–H groups in total.